The lowest BCUT2D eigenvalue weighted by molar-refractivity contribution is -0.274. The summed E-state index contributed by atoms with van der Waals surface area (Å²) in [6.07, 6.45) is -1.43. The number of ether oxygens (including phenoxy) is 3. The number of anilines is 1. The Morgan fingerprint density at radius 3 is 2.41 bits per heavy atom. The number of pyridine rings is 1. The van der Waals surface area contributed by atoms with Gasteiger partial charge in [-0.05, 0) is 73.6 Å². The van der Waals surface area contributed by atoms with Crippen LogP contribution in [0, 0.1) is 13.8 Å². The maximum absolute atomic E-state index is 13.5. The van der Waals surface area contributed by atoms with E-state index in [4.69, 9.17) is 21.1 Å². The Labute approximate surface area is 215 Å². The summed E-state index contributed by atoms with van der Waals surface area (Å²) >= 11 is 6.16. The van der Waals surface area contributed by atoms with E-state index in [-0.39, 0.29) is 27.8 Å². The summed E-state index contributed by atoms with van der Waals surface area (Å²) in [4.78, 5) is 29.5. The van der Waals surface area contributed by atoms with Crippen LogP contribution in [0.15, 0.2) is 42.6 Å². The Kier molecular flexibility index (Phi) is 7.31. The van der Waals surface area contributed by atoms with Crippen LogP contribution in [0.2, 0.25) is 5.02 Å². The second kappa shape index (κ2) is 10.3. The Morgan fingerprint density at radius 1 is 1.08 bits per heavy atom. The normalized spacial score (nSPS) is 13.2. The fourth-order valence-electron chi connectivity index (χ4n) is 3.85. The van der Waals surface area contributed by atoms with Crippen molar-refractivity contribution < 1.29 is 37.0 Å². The molecule has 4 rings (SSSR count). The number of esters is 1. The molecule has 0 aliphatic heterocycles. The molecule has 11 heteroatoms. The first-order valence-electron chi connectivity index (χ1n) is 11.2. The van der Waals surface area contributed by atoms with Crippen molar-refractivity contribution in [3.63, 3.8) is 0 Å². The number of alkyl halides is 3. The van der Waals surface area contributed by atoms with Gasteiger partial charge in [-0.1, -0.05) is 17.7 Å². The lowest BCUT2D eigenvalue weighted by Gasteiger charge is -2.18. The minimum atomic E-state index is -4.87. The molecule has 0 unspecified atom stereocenters. The molecule has 1 fully saturated rings. The number of carbonyl (C=O) groups is 2. The molecule has 2 aromatic carbocycles. The summed E-state index contributed by atoms with van der Waals surface area (Å²) in [7, 11) is 1.23. The fourth-order valence-corrected chi connectivity index (χ4v) is 4.06. The number of nitrogens with one attached hydrogen (secondary N) is 1. The summed E-state index contributed by atoms with van der Waals surface area (Å²) in [6.45, 7) is 3.52. The first-order chi connectivity index (χ1) is 17.5. The van der Waals surface area contributed by atoms with Crippen LogP contribution < -0.4 is 14.8 Å². The molecule has 194 valence electrons. The number of hydrogen-bond acceptors (Lipinski definition) is 6. The zero-order valence-corrected chi connectivity index (χ0v) is 20.8. The highest BCUT2D eigenvalue weighted by Gasteiger charge is 2.32. The molecular weight excluding hydrogens is 513 g/mol. The number of methoxy groups -OCH3 is 1. The van der Waals surface area contributed by atoms with Gasteiger partial charge in [0.1, 0.15) is 22.9 Å². The number of aromatic nitrogens is 1. The topological polar surface area (TPSA) is 86.8 Å². The average Bonchev–Trinajstić information content (AvgIpc) is 3.66. The molecule has 1 amide bonds. The van der Waals surface area contributed by atoms with Crippen LogP contribution >= 0.6 is 11.6 Å². The summed E-state index contributed by atoms with van der Waals surface area (Å²) in [5.41, 5.74) is 2.92. The minimum Gasteiger partial charge on any atom is -0.464 e. The van der Waals surface area contributed by atoms with Crippen LogP contribution in [-0.2, 0) is 4.74 Å². The highest BCUT2D eigenvalue weighted by atomic mass is 35.5. The fraction of sp³-hybridized carbons (Fsp3) is 0.269. The first kappa shape index (κ1) is 26.3. The van der Waals surface area contributed by atoms with Crippen molar-refractivity contribution >= 4 is 29.2 Å². The molecule has 3 aromatic rings. The third-order valence-corrected chi connectivity index (χ3v) is 6.11. The van der Waals surface area contributed by atoms with Crippen molar-refractivity contribution in [2.75, 3.05) is 12.4 Å². The van der Waals surface area contributed by atoms with E-state index in [1.54, 1.807) is 19.9 Å². The van der Waals surface area contributed by atoms with Crippen LogP contribution in [0.25, 0.3) is 0 Å². The van der Waals surface area contributed by atoms with Gasteiger partial charge in [-0.3, -0.25) is 4.79 Å². The quantitative estimate of drug-likeness (QED) is 0.330. The molecule has 1 saturated carbocycles. The predicted octanol–water partition coefficient (Wildman–Crippen LogP) is 6.96. The number of amides is 1. The number of aryl methyl sites for hydroxylation is 1. The van der Waals surface area contributed by atoms with Crippen molar-refractivity contribution in [2.45, 2.75) is 39.0 Å². The molecule has 7 nitrogen and oxygen atoms in total. The van der Waals surface area contributed by atoms with Crippen molar-refractivity contribution in [1.82, 2.24) is 4.98 Å². The third kappa shape index (κ3) is 6.14. The van der Waals surface area contributed by atoms with E-state index >= 15 is 0 Å². The standard InChI is InChI=1S/C26H22ClF3N2O5/c1-13-12-31-20(25(34)35-3)11-19(13)32-24(33)23-14(2)17(15-4-5-15)7-9-22(23)36-21-8-6-16(10-18(21)27)37-26(28,29)30/h6-12,15H,4-5H2,1-3H3,(H,31,32,33). The van der Waals surface area contributed by atoms with Crippen molar-refractivity contribution in [3.05, 3.63) is 75.6 Å². The van der Waals surface area contributed by atoms with Gasteiger partial charge >= 0.3 is 12.3 Å². The van der Waals surface area contributed by atoms with E-state index in [1.807, 2.05) is 6.07 Å². The van der Waals surface area contributed by atoms with Gasteiger partial charge in [0.15, 0.2) is 0 Å². The minimum absolute atomic E-state index is 0.0243. The van der Waals surface area contributed by atoms with Gasteiger partial charge in [0, 0.05) is 18.0 Å². The molecule has 0 atom stereocenters. The zero-order chi connectivity index (χ0) is 26.9. The summed E-state index contributed by atoms with van der Waals surface area (Å²) < 4.78 is 52.1. The van der Waals surface area contributed by atoms with Gasteiger partial charge in [0.25, 0.3) is 5.91 Å². The second-order valence-corrected chi connectivity index (χ2v) is 8.91. The monoisotopic (exact) mass is 534 g/mol. The van der Waals surface area contributed by atoms with Gasteiger partial charge in [0.2, 0.25) is 0 Å². The molecule has 1 N–H and O–H groups in total. The summed E-state index contributed by atoms with van der Waals surface area (Å²) in [5.74, 6) is -1.14. The van der Waals surface area contributed by atoms with E-state index in [1.165, 1.54) is 25.4 Å². The smallest absolute Gasteiger partial charge is 0.464 e. The Balaban J connectivity index is 1.69. The van der Waals surface area contributed by atoms with Crippen LogP contribution in [0.3, 0.4) is 0 Å². The van der Waals surface area contributed by atoms with Gasteiger partial charge in [-0.25, -0.2) is 9.78 Å². The molecule has 0 spiro atoms. The Bertz CT molecular complexity index is 1370. The highest BCUT2D eigenvalue weighted by molar-refractivity contribution is 6.32. The summed E-state index contributed by atoms with van der Waals surface area (Å²) in [6, 6.07) is 8.17. The number of carbonyl (C=O) groups excluding carboxylic acids is 2. The molecule has 1 heterocycles. The summed E-state index contributed by atoms with van der Waals surface area (Å²) in [5, 5.41) is 2.67. The molecule has 1 aliphatic carbocycles. The number of hydrogen-bond donors (Lipinski definition) is 1. The van der Waals surface area contributed by atoms with E-state index in [2.05, 4.69) is 15.0 Å². The molecule has 37 heavy (non-hydrogen) atoms. The lowest BCUT2D eigenvalue weighted by atomic mass is 9.97. The maximum atomic E-state index is 13.5. The zero-order valence-electron chi connectivity index (χ0n) is 20.0. The van der Waals surface area contributed by atoms with Gasteiger partial charge in [0.05, 0.1) is 17.7 Å². The van der Waals surface area contributed by atoms with E-state index < -0.39 is 24.0 Å². The molecule has 1 aromatic heterocycles. The predicted molar refractivity (Wildman–Crippen MR) is 130 cm³/mol. The van der Waals surface area contributed by atoms with Gasteiger partial charge in [-0.15, -0.1) is 13.2 Å². The Morgan fingerprint density at radius 2 is 1.78 bits per heavy atom. The van der Waals surface area contributed by atoms with Gasteiger partial charge in [-0.2, -0.15) is 0 Å². The van der Waals surface area contributed by atoms with E-state index in [0.29, 0.717) is 22.7 Å². The van der Waals surface area contributed by atoms with Crippen LogP contribution in [0.5, 0.6) is 17.2 Å². The molecule has 0 bridgehead atoms. The third-order valence-electron chi connectivity index (χ3n) is 5.82. The maximum Gasteiger partial charge on any atom is 0.573 e. The van der Waals surface area contributed by atoms with Crippen LogP contribution in [0.1, 0.15) is 56.3 Å². The first-order valence-corrected chi connectivity index (χ1v) is 11.6. The van der Waals surface area contributed by atoms with Crippen molar-refractivity contribution in [3.8, 4) is 17.2 Å². The van der Waals surface area contributed by atoms with Crippen molar-refractivity contribution in [2.24, 2.45) is 0 Å². The molecule has 0 radical (unpaired) electrons. The number of rotatable bonds is 7. The second-order valence-electron chi connectivity index (χ2n) is 8.50. The Hall–Kier alpha value is -3.79. The number of nitrogens with zero attached hydrogens (tertiary/aromatic N) is 1. The van der Waals surface area contributed by atoms with Crippen LogP contribution in [-0.4, -0.2) is 30.3 Å². The molecule has 1 aliphatic rings. The molecular formula is C26H22ClF3N2O5. The number of benzene rings is 2. The van der Waals surface area contributed by atoms with Crippen molar-refractivity contribution in [1.29, 1.82) is 0 Å². The SMILES string of the molecule is COC(=O)c1cc(NC(=O)c2c(Oc3ccc(OC(F)(F)F)cc3Cl)ccc(C3CC3)c2C)c(C)cn1. The van der Waals surface area contributed by atoms with E-state index in [9.17, 15) is 22.8 Å². The molecule has 0 saturated heterocycles. The van der Waals surface area contributed by atoms with E-state index in [0.717, 1.165) is 30.5 Å². The van der Waals surface area contributed by atoms with Crippen LogP contribution in [0.4, 0.5) is 18.9 Å². The average molecular weight is 535 g/mol. The number of halogens is 4. The lowest BCUT2D eigenvalue weighted by Crippen LogP contribution is -2.17. The largest absolute Gasteiger partial charge is 0.573 e. The van der Waals surface area contributed by atoms with Gasteiger partial charge < -0.3 is 19.5 Å². The highest BCUT2D eigenvalue weighted by Crippen LogP contribution is 2.45.